The third-order valence-corrected chi connectivity index (χ3v) is 4.03. The zero-order chi connectivity index (χ0) is 13.9. The molecule has 102 valence electrons. The van der Waals surface area contributed by atoms with Crippen LogP contribution in [0.3, 0.4) is 0 Å². The van der Waals surface area contributed by atoms with Crippen molar-refractivity contribution >= 4 is 10.0 Å². The molecule has 1 unspecified atom stereocenters. The number of nitrogens with two attached hydrogens (primary N) is 1. The highest BCUT2D eigenvalue weighted by atomic mass is 32.2. The fourth-order valence-electron chi connectivity index (χ4n) is 1.51. The average Bonchev–Trinajstić information content (AvgIpc) is 2.90. The number of nitrogens with zero attached hydrogens (tertiary/aromatic N) is 2. The normalized spacial score (nSPS) is 13.4. The topological polar surface area (TPSA) is 114 Å². The molecule has 1 heterocycles. The lowest BCUT2D eigenvalue weighted by Crippen LogP contribution is -2.23. The molecular formula is C11H15N5O2S. The third kappa shape index (κ3) is 3.37. The SMILES string of the molecule is CC(N)c1ccc(S(=O)(=O)NCc2ncn[nH]2)cc1. The van der Waals surface area contributed by atoms with Crippen molar-refractivity contribution in [2.24, 2.45) is 5.73 Å². The summed E-state index contributed by atoms with van der Waals surface area (Å²) in [6.45, 7) is 1.91. The fourth-order valence-corrected chi connectivity index (χ4v) is 2.50. The van der Waals surface area contributed by atoms with Crippen molar-refractivity contribution in [1.29, 1.82) is 0 Å². The van der Waals surface area contributed by atoms with Gasteiger partial charge >= 0.3 is 0 Å². The van der Waals surface area contributed by atoms with Gasteiger partial charge in [0.05, 0.1) is 11.4 Å². The number of benzene rings is 1. The van der Waals surface area contributed by atoms with Gasteiger partial charge in [0, 0.05) is 6.04 Å². The quantitative estimate of drug-likeness (QED) is 0.729. The molecule has 1 aromatic heterocycles. The highest BCUT2D eigenvalue weighted by Gasteiger charge is 2.14. The third-order valence-electron chi connectivity index (χ3n) is 2.61. The molecule has 19 heavy (non-hydrogen) atoms. The summed E-state index contributed by atoms with van der Waals surface area (Å²) in [6.07, 6.45) is 1.32. The van der Waals surface area contributed by atoms with E-state index in [0.29, 0.717) is 5.82 Å². The van der Waals surface area contributed by atoms with Gasteiger partial charge in [-0.15, -0.1) is 0 Å². The van der Waals surface area contributed by atoms with Crippen LogP contribution in [-0.2, 0) is 16.6 Å². The van der Waals surface area contributed by atoms with E-state index in [1.165, 1.54) is 18.5 Å². The van der Waals surface area contributed by atoms with Crippen molar-refractivity contribution in [3.8, 4) is 0 Å². The summed E-state index contributed by atoms with van der Waals surface area (Å²) in [5.41, 5.74) is 6.59. The van der Waals surface area contributed by atoms with Crippen LogP contribution >= 0.6 is 0 Å². The molecule has 2 rings (SSSR count). The predicted molar refractivity (Wildman–Crippen MR) is 69.5 cm³/mol. The van der Waals surface area contributed by atoms with Crippen LogP contribution in [0.1, 0.15) is 24.4 Å². The molecule has 7 nitrogen and oxygen atoms in total. The average molecular weight is 281 g/mol. The molecule has 0 bridgehead atoms. The Kier molecular flexibility index (Phi) is 3.93. The van der Waals surface area contributed by atoms with Gasteiger partial charge in [-0.1, -0.05) is 12.1 Å². The molecule has 0 saturated carbocycles. The molecule has 0 aliphatic heterocycles. The first-order chi connectivity index (χ1) is 8.99. The Morgan fingerprint density at radius 1 is 1.37 bits per heavy atom. The van der Waals surface area contributed by atoms with Crippen LogP contribution in [0.4, 0.5) is 0 Å². The van der Waals surface area contributed by atoms with Gasteiger partial charge in [0.2, 0.25) is 10.0 Å². The Morgan fingerprint density at radius 2 is 2.05 bits per heavy atom. The minimum absolute atomic E-state index is 0.0668. The molecule has 1 atom stereocenters. The van der Waals surface area contributed by atoms with E-state index >= 15 is 0 Å². The van der Waals surface area contributed by atoms with Crippen LogP contribution in [-0.4, -0.2) is 23.6 Å². The van der Waals surface area contributed by atoms with E-state index in [2.05, 4.69) is 19.9 Å². The van der Waals surface area contributed by atoms with Gasteiger partial charge < -0.3 is 5.73 Å². The van der Waals surface area contributed by atoms with Gasteiger partial charge in [0.15, 0.2) is 0 Å². The van der Waals surface area contributed by atoms with Crippen molar-refractivity contribution in [3.63, 3.8) is 0 Å². The standard InChI is InChI=1S/C11H15N5O2S/c1-8(12)9-2-4-10(5-3-9)19(17,18)15-6-11-13-7-14-16-11/h2-5,7-8,15H,6,12H2,1H3,(H,13,14,16). The molecule has 0 amide bonds. The van der Waals surface area contributed by atoms with E-state index in [1.807, 2.05) is 6.92 Å². The Labute approximate surface area is 111 Å². The van der Waals surface area contributed by atoms with E-state index in [1.54, 1.807) is 12.1 Å². The van der Waals surface area contributed by atoms with Gasteiger partial charge in [-0.05, 0) is 24.6 Å². The number of aromatic amines is 1. The molecule has 0 fully saturated rings. The van der Waals surface area contributed by atoms with Crippen LogP contribution in [0.15, 0.2) is 35.5 Å². The van der Waals surface area contributed by atoms with E-state index < -0.39 is 10.0 Å². The summed E-state index contributed by atoms with van der Waals surface area (Å²) in [4.78, 5) is 4.03. The molecule has 4 N–H and O–H groups in total. The smallest absolute Gasteiger partial charge is 0.240 e. The second kappa shape index (κ2) is 5.47. The lowest BCUT2D eigenvalue weighted by atomic mass is 10.1. The minimum Gasteiger partial charge on any atom is -0.324 e. The van der Waals surface area contributed by atoms with Gasteiger partial charge in [-0.2, -0.15) is 5.10 Å². The summed E-state index contributed by atoms with van der Waals surface area (Å²) in [7, 11) is -3.56. The second-order valence-corrected chi connectivity index (χ2v) is 5.88. The molecule has 0 aliphatic carbocycles. The zero-order valence-electron chi connectivity index (χ0n) is 10.4. The van der Waals surface area contributed by atoms with E-state index in [9.17, 15) is 8.42 Å². The first-order valence-electron chi connectivity index (χ1n) is 5.68. The van der Waals surface area contributed by atoms with Crippen molar-refractivity contribution in [2.75, 3.05) is 0 Å². The summed E-state index contributed by atoms with van der Waals surface area (Å²) >= 11 is 0. The van der Waals surface area contributed by atoms with E-state index in [0.717, 1.165) is 5.56 Å². The lowest BCUT2D eigenvalue weighted by Gasteiger charge is -2.08. The van der Waals surface area contributed by atoms with Gasteiger partial charge in [-0.25, -0.2) is 18.1 Å². The van der Waals surface area contributed by atoms with Crippen LogP contribution in [0.5, 0.6) is 0 Å². The van der Waals surface area contributed by atoms with E-state index in [-0.39, 0.29) is 17.5 Å². The Morgan fingerprint density at radius 3 is 2.58 bits per heavy atom. The Bertz CT molecular complexity index is 620. The van der Waals surface area contributed by atoms with Gasteiger partial charge in [0.1, 0.15) is 12.2 Å². The van der Waals surface area contributed by atoms with Crippen LogP contribution in [0, 0.1) is 0 Å². The second-order valence-electron chi connectivity index (χ2n) is 4.11. The Balaban J connectivity index is 2.10. The largest absolute Gasteiger partial charge is 0.324 e. The maximum atomic E-state index is 12.0. The maximum Gasteiger partial charge on any atom is 0.240 e. The van der Waals surface area contributed by atoms with Crippen LogP contribution < -0.4 is 10.5 Å². The minimum atomic E-state index is -3.56. The highest BCUT2D eigenvalue weighted by molar-refractivity contribution is 7.89. The molecule has 0 aliphatic rings. The first kappa shape index (κ1) is 13.7. The maximum absolute atomic E-state index is 12.0. The highest BCUT2D eigenvalue weighted by Crippen LogP contribution is 2.14. The predicted octanol–water partition coefficient (Wildman–Crippen LogP) is 0.303. The first-order valence-corrected chi connectivity index (χ1v) is 7.17. The van der Waals surface area contributed by atoms with Gasteiger partial charge in [0.25, 0.3) is 0 Å². The van der Waals surface area contributed by atoms with Crippen LogP contribution in [0.25, 0.3) is 0 Å². The summed E-state index contributed by atoms with van der Waals surface area (Å²) in [6, 6.07) is 6.34. The number of nitrogens with one attached hydrogen (secondary N) is 2. The zero-order valence-corrected chi connectivity index (χ0v) is 11.2. The Hall–Kier alpha value is -1.77. The number of hydrogen-bond acceptors (Lipinski definition) is 5. The molecular weight excluding hydrogens is 266 g/mol. The van der Waals surface area contributed by atoms with Crippen molar-refractivity contribution in [3.05, 3.63) is 42.0 Å². The van der Waals surface area contributed by atoms with Crippen molar-refractivity contribution in [1.82, 2.24) is 19.9 Å². The molecule has 1 aromatic carbocycles. The number of sulfonamides is 1. The molecule has 0 saturated heterocycles. The number of aromatic nitrogens is 3. The molecule has 8 heteroatoms. The molecule has 0 radical (unpaired) electrons. The molecule has 0 spiro atoms. The summed E-state index contributed by atoms with van der Waals surface area (Å²) in [5, 5.41) is 6.22. The van der Waals surface area contributed by atoms with E-state index in [4.69, 9.17) is 5.73 Å². The number of hydrogen-bond donors (Lipinski definition) is 3. The summed E-state index contributed by atoms with van der Waals surface area (Å²) < 4.78 is 26.4. The fraction of sp³-hybridized carbons (Fsp3) is 0.273. The van der Waals surface area contributed by atoms with Crippen molar-refractivity contribution < 1.29 is 8.42 Å². The summed E-state index contributed by atoms with van der Waals surface area (Å²) in [5.74, 6) is 0.454. The van der Waals surface area contributed by atoms with Crippen molar-refractivity contribution in [2.45, 2.75) is 24.4 Å². The molecule has 2 aromatic rings. The van der Waals surface area contributed by atoms with Crippen LogP contribution in [0.2, 0.25) is 0 Å². The number of rotatable bonds is 5. The number of H-pyrrole nitrogens is 1. The van der Waals surface area contributed by atoms with Gasteiger partial charge in [-0.3, -0.25) is 5.10 Å². The lowest BCUT2D eigenvalue weighted by molar-refractivity contribution is 0.579. The monoisotopic (exact) mass is 281 g/mol.